The van der Waals surface area contributed by atoms with Crippen molar-refractivity contribution in [2.45, 2.75) is 31.6 Å². The van der Waals surface area contributed by atoms with Crippen LogP contribution < -0.4 is 5.32 Å². The van der Waals surface area contributed by atoms with Gasteiger partial charge in [-0.2, -0.15) is 0 Å². The number of hydrogen-bond donors (Lipinski definition) is 1. The van der Waals surface area contributed by atoms with Crippen molar-refractivity contribution < 1.29 is 9.47 Å². The fourth-order valence-corrected chi connectivity index (χ4v) is 1.74. The topological polar surface area (TPSA) is 30.5 Å². The number of morpholine rings is 1. The molecule has 64 valence electrons. The quantitative estimate of drug-likeness (QED) is 0.543. The largest absolute Gasteiger partial charge is 0.380 e. The number of ether oxygens (including phenoxy) is 2. The summed E-state index contributed by atoms with van der Waals surface area (Å²) in [5, 5.41) is 3.42. The summed E-state index contributed by atoms with van der Waals surface area (Å²) >= 11 is 0. The maximum atomic E-state index is 5.75. The van der Waals surface area contributed by atoms with Crippen molar-refractivity contribution in [1.82, 2.24) is 5.32 Å². The van der Waals surface area contributed by atoms with E-state index in [0.29, 0.717) is 18.2 Å². The van der Waals surface area contributed by atoms with Crippen molar-refractivity contribution in [1.29, 1.82) is 0 Å². The zero-order valence-corrected chi connectivity index (χ0v) is 6.88. The SMILES string of the molecule is C[C@H]1CN[C@@H]2COCC[C@@H]2O1. The second-order valence-electron chi connectivity index (χ2n) is 3.36. The van der Waals surface area contributed by atoms with Crippen LogP contribution in [0, 0.1) is 0 Å². The minimum Gasteiger partial charge on any atom is -0.380 e. The molecule has 0 amide bonds. The van der Waals surface area contributed by atoms with Crippen molar-refractivity contribution >= 4 is 0 Å². The van der Waals surface area contributed by atoms with Crippen LogP contribution in [-0.4, -0.2) is 38.0 Å². The molecule has 0 saturated carbocycles. The van der Waals surface area contributed by atoms with Gasteiger partial charge in [0.15, 0.2) is 0 Å². The van der Waals surface area contributed by atoms with E-state index in [-0.39, 0.29) is 0 Å². The van der Waals surface area contributed by atoms with E-state index >= 15 is 0 Å². The maximum absolute atomic E-state index is 5.75. The van der Waals surface area contributed by atoms with Crippen LogP contribution in [0.25, 0.3) is 0 Å². The Kier molecular flexibility index (Phi) is 2.11. The lowest BCUT2D eigenvalue weighted by Gasteiger charge is -2.38. The standard InChI is InChI=1S/C8H15NO2/c1-6-4-9-7-5-10-3-2-8(7)11-6/h6-9H,2-5H2,1H3/t6-,7+,8-/m0/s1. The van der Waals surface area contributed by atoms with Crippen LogP contribution in [0.4, 0.5) is 0 Å². The Morgan fingerprint density at radius 3 is 3.27 bits per heavy atom. The second-order valence-corrected chi connectivity index (χ2v) is 3.36. The smallest absolute Gasteiger partial charge is 0.0776 e. The molecule has 3 nitrogen and oxygen atoms in total. The van der Waals surface area contributed by atoms with E-state index in [1.54, 1.807) is 0 Å². The first kappa shape index (κ1) is 7.53. The number of rotatable bonds is 0. The first-order valence-corrected chi connectivity index (χ1v) is 4.33. The molecule has 2 saturated heterocycles. The Hall–Kier alpha value is -0.120. The molecule has 1 N–H and O–H groups in total. The van der Waals surface area contributed by atoms with Crippen LogP contribution in [0.3, 0.4) is 0 Å². The molecular weight excluding hydrogens is 142 g/mol. The molecule has 2 fully saturated rings. The third-order valence-corrected chi connectivity index (χ3v) is 2.37. The minimum absolute atomic E-state index is 0.370. The lowest BCUT2D eigenvalue weighted by atomic mass is 10.0. The van der Waals surface area contributed by atoms with Crippen molar-refractivity contribution in [3.63, 3.8) is 0 Å². The van der Waals surface area contributed by atoms with Gasteiger partial charge in [0.05, 0.1) is 24.9 Å². The number of hydrogen-bond acceptors (Lipinski definition) is 3. The van der Waals surface area contributed by atoms with E-state index in [1.165, 1.54) is 0 Å². The van der Waals surface area contributed by atoms with Gasteiger partial charge >= 0.3 is 0 Å². The Balaban J connectivity index is 1.93. The molecule has 3 heteroatoms. The second kappa shape index (κ2) is 3.09. The summed E-state index contributed by atoms with van der Waals surface area (Å²) in [6, 6.07) is 0.444. The molecule has 3 atom stereocenters. The van der Waals surface area contributed by atoms with Crippen molar-refractivity contribution in [3.8, 4) is 0 Å². The van der Waals surface area contributed by atoms with Crippen LogP contribution in [0.15, 0.2) is 0 Å². The third-order valence-electron chi connectivity index (χ3n) is 2.37. The van der Waals surface area contributed by atoms with Gasteiger partial charge in [-0.3, -0.25) is 0 Å². The van der Waals surface area contributed by atoms with Crippen LogP contribution in [-0.2, 0) is 9.47 Å². The number of nitrogens with one attached hydrogen (secondary N) is 1. The molecule has 2 rings (SSSR count). The van der Waals surface area contributed by atoms with E-state index in [0.717, 1.165) is 26.2 Å². The van der Waals surface area contributed by atoms with Gasteiger partial charge in [-0.05, 0) is 13.3 Å². The lowest BCUT2D eigenvalue weighted by molar-refractivity contribution is -0.109. The Morgan fingerprint density at radius 1 is 1.45 bits per heavy atom. The molecule has 2 aliphatic rings. The van der Waals surface area contributed by atoms with Gasteiger partial charge in [-0.25, -0.2) is 0 Å². The zero-order chi connectivity index (χ0) is 7.68. The molecule has 0 spiro atoms. The van der Waals surface area contributed by atoms with E-state index in [9.17, 15) is 0 Å². The molecule has 0 bridgehead atoms. The summed E-state index contributed by atoms with van der Waals surface area (Å²) in [5.74, 6) is 0. The highest BCUT2D eigenvalue weighted by molar-refractivity contribution is 4.85. The molecule has 0 aromatic rings. The Labute approximate surface area is 67.1 Å². The Morgan fingerprint density at radius 2 is 2.36 bits per heavy atom. The van der Waals surface area contributed by atoms with E-state index in [2.05, 4.69) is 12.2 Å². The fraction of sp³-hybridized carbons (Fsp3) is 1.00. The van der Waals surface area contributed by atoms with Crippen LogP contribution in [0.5, 0.6) is 0 Å². The van der Waals surface area contributed by atoms with Crippen molar-refractivity contribution in [3.05, 3.63) is 0 Å². The molecule has 0 aliphatic carbocycles. The zero-order valence-electron chi connectivity index (χ0n) is 6.88. The van der Waals surface area contributed by atoms with Gasteiger partial charge in [-0.15, -0.1) is 0 Å². The molecule has 0 unspecified atom stereocenters. The molecule has 0 aromatic carbocycles. The van der Waals surface area contributed by atoms with Gasteiger partial charge in [0.1, 0.15) is 0 Å². The normalized spacial score (nSPS) is 45.0. The summed E-state index contributed by atoms with van der Waals surface area (Å²) in [5.41, 5.74) is 0. The van der Waals surface area contributed by atoms with Gasteiger partial charge in [-0.1, -0.05) is 0 Å². The van der Waals surface area contributed by atoms with Crippen molar-refractivity contribution in [2.24, 2.45) is 0 Å². The average molecular weight is 157 g/mol. The van der Waals surface area contributed by atoms with E-state index < -0.39 is 0 Å². The summed E-state index contributed by atoms with van der Waals surface area (Å²) in [6.45, 7) is 4.75. The van der Waals surface area contributed by atoms with Gasteiger partial charge in [0.2, 0.25) is 0 Å². The van der Waals surface area contributed by atoms with Crippen LogP contribution >= 0.6 is 0 Å². The Bertz CT molecular complexity index is 140. The van der Waals surface area contributed by atoms with Gasteiger partial charge < -0.3 is 14.8 Å². The predicted octanol–water partition coefficient (Wildman–Crippen LogP) is 0.152. The third kappa shape index (κ3) is 1.55. The highest BCUT2D eigenvalue weighted by Crippen LogP contribution is 2.17. The van der Waals surface area contributed by atoms with Gasteiger partial charge in [0, 0.05) is 13.2 Å². The van der Waals surface area contributed by atoms with Crippen LogP contribution in [0.1, 0.15) is 13.3 Å². The van der Waals surface area contributed by atoms with Crippen LogP contribution in [0.2, 0.25) is 0 Å². The lowest BCUT2D eigenvalue weighted by Crippen LogP contribution is -2.56. The first-order valence-electron chi connectivity index (χ1n) is 4.33. The molecular formula is C8H15NO2. The molecule has 2 heterocycles. The average Bonchev–Trinajstić information content (AvgIpc) is 2.04. The molecule has 0 radical (unpaired) electrons. The molecule has 2 aliphatic heterocycles. The monoisotopic (exact) mass is 157 g/mol. The summed E-state index contributed by atoms with van der Waals surface area (Å²) < 4.78 is 11.1. The van der Waals surface area contributed by atoms with E-state index in [4.69, 9.17) is 9.47 Å². The highest BCUT2D eigenvalue weighted by atomic mass is 16.5. The number of fused-ring (bicyclic) bond motifs is 1. The summed E-state index contributed by atoms with van der Waals surface area (Å²) in [6.07, 6.45) is 1.81. The summed E-state index contributed by atoms with van der Waals surface area (Å²) in [4.78, 5) is 0. The fourth-order valence-electron chi connectivity index (χ4n) is 1.74. The molecule has 11 heavy (non-hydrogen) atoms. The molecule has 0 aromatic heterocycles. The van der Waals surface area contributed by atoms with Crippen molar-refractivity contribution in [2.75, 3.05) is 19.8 Å². The highest BCUT2D eigenvalue weighted by Gasteiger charge is 2.31. The van der Waals surface area contributed by atoms with E-state index in [1.807, 2.05) is 0 Å². The predicted molar refractivity (Wildman–Crippen MR) is 41.6 cm³/mol. The first-order chi connectivity index (χ1) is 5.36. The van der Waals surface area contributed by atoms with Gasteiger partial charge in [0.25, 0.3) is 0 Å². The minimum atomic E-state index is 0.370. The summed E-state index contributed by atoms with van der Waals surface area (Å²) in [7, 11) is 0. The maximum Gasteiger partial charge on any atom is 0.0776 e.